The van der Waals surface area contributed by atoms with Crippen LogP contribution in [0.15, 0.2) is 0 Å². The smallest absolute Gasteiger partial charge is 0.317 e. The Morgan fingerprint density at radius 2 is 2.14 bits per heavy atom. The number of urea groups is 1. The van der Waals surface area contributed by atoms with Gasteiger partial charge in [0, 0.05) is 32.7 Å². The van der Waals surface area contributed by atoms with Gasteiger partial charge in [-0.2, -0.15) is 0 Å². The van der Waals surface area contributed by atoms with Crippen LogP contribution in [0.4, 0.5) is 4.79 Å². The number of carbonyl (C=O) groups excluding carboxylic acids is 1. The summed E-state index contributed by atoms with van der Waals surface area (Å²) in [5.41, 5.74) is -0.226. The molecule has 1 atom stereocenters. The van der Waals surface area contributed by atoms with Gasteiger partial charge in [-0.3, -0.25) is 4.79 Å². The van der Waals surface area contributed by atoms with E-state index >= 15 is 0 Å². The highest BCUT2D eigenvalue weighted by atomic mass is 16.5. The van der Waals surface area contributed by atoms with E-state index in [-0.39, 0.29) is 17.9 Å². The third kappa shape index (κ3) is 4.59. The number of nitrogens with one attached hydrogen (secondary N) is 1. The van der Waals surface area contributed by atoms with E-state index in [1.807, 2.05) is 0 Å². The molecule has 2 N–H and O–H groups in total. The second kappa shape index (κ2) is 7.11. The summed E-state index contributed by atoms with van der Waals surface area (Å²) < 4.78 is 5.42. The number of carbonyl (C=O) groups is 2. The minimum atomic E-state index is -0.781. The summed E-state index contributed by atoms with van der Waals surface area (Å²) in [6, 6.07) is -0.114. The van der Waals surface area contributed by atoms with Crippen molar-refractivity contribution in [2.45, 2.75) is 38.5 Å². The lowest BCUT2D eigenvalue weighted by atomic mass is 9.66. The lowest BCUT2D eigenvalue weighted by Crippen LogP contribution is -2.48. The second-order valence-electron chi connectivity index (χ2n) is 6.55. The van der Waals surface area contributed by atoms with E-state index in [1.54, 1.807) is 11.9 Å². The molecule has 1 aliphatic heterocycles. The second-order valence-corrected chi connectivity index (χ2v) is 6.55. The maximum Gasteiger partial charge on any atom is 0.317 e. The average Bonchev–Trinajstić information content (AvgIpc) is 2.42. The molecule has 6 heteroatoms. The number of hydrogen-bond acceptors (Lipinski definition) is 3. The number of carboxylic acids is 1. The molecule has 1 unspecified atom stereocenters. The van der Waals surface area contributed by atoms with Crippen LogP contribution in [0.2, 0.25) is 0 Å². The minimum absolute atomic E-state index is 0.114. The number of amides is 2. The summed E-state index contributed by atoms with van der Waals surface area (Å²) in [5.74, 6) is -0.372. The SMILES string of the molecule is CN(CC1CCCOC1)C(=O)NCC1(CC(=O)O)CCC1. The first kappa shape index (κ1) is 16.1. The van der Waals surface area contributed by atoms with Gasteiger partial charge >= 0.3 is 12.0 Å². The Bertz CT molecular complexity index is 376. The third-order valence-corrected chi connectivity index (χ3v) is 4.69. The molecule has 0 aromatic rings. The topological polar surface area (TPSA) is 78.9 Å². The molecule has 0 aromatic heterocycles. The zero-order valence-corrected chi connectivity index (χ0v) is 12.8. The number of ether oxygens (including phenoxy) is 1. The fraction of sp³-hybridized carbons (Fsp3) is 0.867. The van der Waals surface area contributed by atoms with E-state index in [2.05, 4.69) is 5.32 Å². The van der Waals surface area contributed by atoms with Crippen LogP contribution < -0.4 is 5.32 Å². The molecular weight excluding hydrogens is 272 g/mol. The van der Waals surface area contributed by atoms with Crippen LogP contribution in [0.3, 0.4) is 0 Å². The Hall–Kier alpha value is -1.30. The van der Waals surface area contributed by atoms with Gasteiger partial charge in [-0.1, -0.05) is 6.42 Å². The number of nitrogens with zero attached hydrogens (tertiary/aromatic N) is 1. The normalized spacial score (nSPS) is 24.0. The maximum atomic E-state index is 12.1. The van der Waals surface area contributed by atoms with E-state index in [9.17, 15) is 9.59 Å². The van der Waals surface area contributed by atoms with Crippen LogP contribution >= 0.6 is 0 Å². The first-order chi connectivity index (χ1) is 10.0. The van der Waals surface area contributed by atoms with Crippen molar-refractivity contribution in [3.63, 3.8) is 0 Å². The van der Waals surface area contributed by atoms with Gasteiger partial charge in [0.1, 0.15) is 0 Å². The predicted molar refractivity (Wildman–Crippen MR) is 78.1 cm³/mol. The molecule has 2 rings (SSSR count). The van der Waals surface area contributed by atoms with Crippen molar-refractivity contribution in [2.75, 3.05) is 33.4 Å². The van der Waals surface area contributed by atoms with Crippen molar-refractivity contribution < 1.29 is 19.4 Å². The van der Waals surface area contributed by atoms with Crippen LogP contribution in [-0.2, 0) is 9.53 Å². The first-order valence-electron chi connectivity index (χ1n) is 7.79. The summed E-state index contributed by atoms with van der Waals surface area (Å²) in [6.07, 6.45) is 5.13. The average molecular weight is 298 g/mol. The maximum absolute atomic E-state index is 12.1. The molecule has 1 saturated heterocycles. The molecule has 0 radical (unpaired) electrons. The van der Waals surface area contributed by atoms with E-state index in [0.717, 1.165) is 45.3 Å². The summed E-state index contributed by atoms with van der Waals surface area (Å²) in [4.78, 5) is 24.7. The van der Waals surface area contributed by atoms with E-state index < -0.39 is 5.97 Å². The molecule has 2 fully saturated rings. The largest absolute Gasteiger partial charge is 0.481 e. The van der Waals surface area contributed by atoms with Crippen LogP contribution in [-0.4, -0.2) is 55.4 Å². The summed E-state index contributed by atoms with van der Waals surface area (Å²) in [6.45, 7) is 2.70. The van der Waals surface area contributed by atoms with Crippen LogP contribution in [0.1, 0.15) is 38.5 Å². The fourth-order valence-electron chi connectivity index (χ4n) is 3.23. The van der Waals surface area contributed by atoms with Gasteiger partial charge in [-0.05, 0) is 31.1 Å². The Labute approximate surface area is 125 Å². The zero-order chi connectivity index (χ0) is 15.3. The van der Waals surface area contributed by atoms with Gasteiger partial charge in [0.2, 0.25) is 0 Å². The predicted octanol–water partition coefficient (Wildman–Crippen LogP) is 1.70. The molecule has 1 saturated carbocycles. The van der Waals surface area contributed by atoms with Crippen molar-refractivity contribution in [1.29, 1.82) is 0 Å². The van der Waals surface area contributed by atoms with E-state index in [1.165, 1.54) is 0 Å². The van der Waals surface area contributed by atoms with Crippen molar-refractivity contribution in [2.24, 2.45) is 11.3 Å². The van der Waals surface area contributed by atoms with Crippen molar-refractivity contribution in [3.05, 3.63) is 0 Å². The standard InChI is InChI=1S/C15H26N2O4/c1-17(9-12-4-2-7-21-10-12)14(20)16-11-15(5-3-6-15)8-13(18)19/h12H,2-11H2,1H3,(H,16,20)(H,18,19). The number of rotatable bonds is 6. The molecule has 120 valence electrons. The van der Waals surface area contributed by atoms with Crippen LogP contribution in [0.5, 0.6) is 0 Å². The number of aliphatic carboxylic acids is 1. The van der Waals surface area contributed by atoms with Gasteiger partial charge in [-0.25, -0.2) is 4.79 Å². The van der Waals surface area contributed by atoms with Gasteiger partial charge < -0.3 is 20.1 Å². The van der Waals surface area contributed by atoms with Crippen LogP contribution in [0.25, 0.3) is 0 Å². The van der Waals surface area contributed by atoms with Gasteiger partial charge in [0.25, 0.3) is 0 Å². The Balaban J connectivity index is 1.73. The van der Waals surface area contributed by atoms with Crippen molar-refractivity contribution >= 4 is 12.0 Å². The summed E-state index contributed by atoms with van der Waals surface area (Å²) >= 11 is 0. The lowest BCUT2D eigenvalue weighted by molar-refractivity contribution is -0.141. The highest BCUT2D eigenvalue weighted by molar-refractivity contribution is 5.74. The molecule has 1 aliphatic carbocycles. The summed E-state index contributed by atoms with van der Waals surface area (Å²) in [5, 5.41) is 11.9. The Kier molecular flexibility index (Phi) is 5.45. The monoisotopic (exact) mass is 298 g/mol. The Morgan fingerprint density at radius 1 is 1.38 bits per heavy atom. The van der Waals surface area contributed by atoms with Gasteiger partial charge in [-0.15, -0.1) is 0 Å². The van der Waals surface area contributed by atoms with Gasteiger partial charge in [0.15, 0.2) is 0 Å². The molecule has 0 aromatic carbocycles. The number of hydrogen-bond donors (Lipinski definition) is 2. The summed E-state index contributed by atoms with van der Waals surface area (Å²) in [7, 11) is 1.79. The van der Waals surface area contributed by atoms with E-state index in [4.69, 9.17) is 9.84 Å². The van der Waals surface area contributed by atoms with Crippen LogP contribution in [0, 0.1) is 11.3 Å². The minimum Gasteiger partial charge on any atom is -0.481 e. The molecule has 21 heavy (non-hydrogen) atoms. The Morgan fingerprint density at radius 3 is 2.67 bits per heavy atom. The lowest BCUT2D eigenvalue weighted by Gasteiger charge is -2.41. The fourth-order valence-corrected chi connectivity index (χ4v) is 3.23. The molecule has 1 heterocycles. The molecule has 2 amide bonds. The third-order valence-electron chi connectivity index (χ3n) is 4.69. The number of carboxylic acid groups (broad SMARTS) is 1. The molecular formula is C15H26N2O4. The molecule has 2 aliphatic rings. The molecule has 0 bridgehead atoms. The highest BCUT2D eigenvalue weighted by Crippen LogP contribution is 2.43. The van der Waals surface area contributed by atoms with E-state index in [0.29, 0.717) is 19.0 Å². The zero-order valence-electron chi connectivity index (χ0n) is 12.8. The molecule has 0 spiro atoms. The van der Waals surface area contributed by atoms with Crippen molar-refractivity contribution in [3.8, 4) is 0 Å². The quantitative estimate of drug-likeness (QED) is 0.782. The highest BCUT2D eigenvalue weighted by Gasteiger charge is 2.39. The molecule has 6 nitrogen and oxygen atoms in total. The first-order valence-corrected chi connectivity index (χ1v) is 7.79. The van der Waals surface area contributed by atoms with Gasteiger partial charge in [0.05, 0.1) is 13.0 Å². The van der Waals surface area contributed by atoms with Crippen molar-refractivity contribution in [1.82, 2.24) is 10.2 Å².